The Bertz CT molecular complexity index is 463. The van der Waals surface area contributed by atoms with Crippen molar-refractivity contribution in [3.63, 3.8) is 0 Å². The zero-order chi connectivity index (χ0) is 13.9. The number of carbonyl (C=O) groups excluding carboxylic acids is 1. The number of carbonyl (C=O) groups is 1. The van der Waals surface area contributed by atoms with Crippen molar-refractivity contribution in [3.8, 4) is 0 Å². The van der Waals surface area contributed by atoms with Crippen molar-refractivity contribution in [3.05, 3.63) is 35.6 Å². The van der Waals surface area contributed by atoms with Crippen molar-refractivity contribution < 1.29 is 9.18 Å². The summed E-state index contributed by atoms with van der Waals surface area (Å²) >= 11 is 0. The van der Waals surface area contributed by atoms with Crippen molar-refractivity contribution in [2.75, 3.05) is 6.54 Å². The lowest BCUT2D eigenvalue weighted by molar-refractivity contribution is 0.0850. The fraction of sp³-hybridized carbons (Fsp3) is 0.533. The molecule has 1 saturated carbocycles. The van der Waals surface area contributed by atoms with Crippen LogP contribution in [0.3, 0.4) is 0 Å². The minimum atomic E-state index is -0.490. The van der Waals surface area contributed by atoms with Crippen LogP contribution in [0.4, 0.5) is 4.39 Å². The maximum Gasteiger partial charge on any atom is 0.254 e. The van der Waals surface area contributed by atoms with E-state index in [1.54, 1.807) is 12.1 Å². The largest absolute Gasteiger partial charge is 0.345 e. The molecule has 0 aromatic heterocycles. The smallest absolute Gasteiger partial charge is 0.254 e. The molecule has 0 heterocycles. The standard InChI is InChI=1S/C15H21FN2O/c1-11-5-4-8-15(9-11,10-17)18-14(19)12-6-2-3-7-13(12)16/h2-3,6-7,11H,4-5,8-10,17H2,1H3,(H,18,19). The van der Waals surface area contributed by atoms with Crippen LogP contribution in [0.5, 0.6) is 0 Å². The summed E-state index contributed by atoms with van der Waals surface area (Å²) in [7, 11) is 0. The van der Waals surface area contributed by atoms with E-state index < -0.39 is 5.82 Å². The lowest BCUT2D eigenvalue weighted by Crippen LogP contribution is -2.56. The molecule has 1 fully saturated rings. The molecule has 3 N–H and O–H groups in total. The maximum absolute atomic E-state index is 13.6. The van der Waals surface area contributed by atoms with Gasteiger partial charge in [0.1, 0.15) is 5.82 Å². The van der Waals surface area contributed by atoms with Gasteiger partial charge < -0.3 is 11.1 Å². The number of nitrogens with two attached hydrogens (primary N) is 1. The predicted octanol–water partition coefficient (Wildman–Crippen LogP) is 2.46. The zero-order valence-electron chi connectivity index (χ0n) is 11.3. The van der Waals surface area contributed by atoms with Crippen LogP contribution in [0.15, 0.2) is 24.3 Å². The lowest BCUT2D eigenvalue weighted by atomic mass is 9.76. The Morgan fingerprint density at radius 1 is 1.53 bits per heavy atom. The minimum Gasteiger partial charge on any atom is -0.345 e. The number of hydrogen-bond acceptors (Lipinski definition) is 2. The summed E-state index contributed by atoms with van der Waals surface area (Å²) in [4.78, 5) is 12.2. The molecule has 0 radical (unpaired) electrons. The van der Waals surface area contributed by atoms with E-state index in [1.807, 2.05) is 0 Å². The van der Waals surface area contributed by atoms with E-state index in [1.165, 1.54) is 12.1 Å². The second-order valence-corrected chi connectivity index (χ2v) is 5.62. The van der Waals surface area contributed by atoms with E-state index in [0.717, 1.165) is 25.7 Å². The Labute approximate surface area is 113 Å². The molecule has 104 valence electrons. The van der Waals surface area contributed by atoms with Gasteiger partial charge in [-0.15, -0.1) is 0 Å². The maximum atomic E-state index is 13.6. The Morgan fingerprint density at radius 3 is 2.89 bits per heavy atom. The van der Waals surface area contributed by atoms with Gasteiger partial charge in [0.05, 0.1) is 11.1 Å². The van der Waals surface area contributed by atoms with Gasteiger partial charge in [-0.25, -0.2) is 4.39 Å². The average Bonchev–Trinajstić information content (AvgIpc) is 2.39. The summed E-state index contributed by atoms with van der Waals surface area (Å²) < 4.78 is 13.6. The molecule has 1 aromatic rings. The normalized spacial score (nSPS) is 27.0. The van der Waals surface area contributed by atoms with E-state index in [9.17, 15) is 9.18 Å². The fourth-order valence-electron chi connectivity index (χ4n) is 2.96. The average molecular weight is 264 g/mol. The lowest BCUT2D eigenvalue weighted by Gasteiger charge is -2.40. The van der Waals surface area contributed by atoms with Crippen molar-refractivity contribution >= 4 is 5.91 Å². The summed E-state index contributed by atoms with van der Waals surface area (Å²) in [5.41, 5.74) is 5.57. The number of hydrogen-bond donors (Lipinski definition) is 2. The van der Waals surface area contributed by atoms with Crippen LogP contribution in [0.2, 0.25) is 0 Å². The van der Waals surface area contributed by atoms with Gasteiger partial charge in [0, 0.05) is 6.54 Å². The van der Waals surface area contributed by atoms with Gasteiger partial charge >= 0.3 is 0 Å². The quantitative estimate of drug-likeness (QED) is 0.881. The van der Waals surface area contributed by atoms with Crippen LogP contribution in [-0.4, -0.2) is 18.0 Å². The number of benzene rings is 1. The highest BCUT2D eigenvalue weighted by molar-refractivity contribution is 5.95. The minimum absolute atomic E-state index is 0.0913. The molecular formula is C15H21FN2O. The van der Waals surface area contributed by atoms with Gasteiger partial charge in [-0.3, -0.25) is 4.79 Å². The Morgan fingerprint density at radius 2 is 2.26 bits per heavy atom. The van der Waals surface area contributed by atoms with Gasteiger partial charge in [-0.1, -0.05) is 31.9 Å². The monoisotopic (exact) mass is 264 g/mol. The van der Waals surface area contributed by atoms with E-state index in [-0.39, 0.29) is 17.0 Å². The van der Waals surface area contributed by atoms with Gasteiger partial charge in [-0.05, 0) is 30.9 Å². The Kier molecular flexibility index (Phi) is 4.20. The van der Waals surface area contributed by atoms with Crippen LogP contribution in [0.1, 0.15) is 43.0 Å². The molecule has 0 saturated heterocycles. The van der Waals surface area contributed by atoms with Crippen LogP contribution in [0.25, 0.3) is 0 Å². The summed E-state index contributed by atoms with van der Waals surface area (Å²) in [5, 5.41) is 2.97. The second kappa shape index (κ2) is 5.70. The molecular weight excluding hydrogens is 243 g/mol. The molecule has 2 unspecified atom stereocenters. The van der Waals surface area contributed by atoms with E-state index in [4.69, 9.17) is 5.73 Å². The number of nitrogens with one attached hydrogen (secondary N) is 1. The van der Waals surface area contributed by atoms with E-state index in [0.29, 0.717) is 12.5 Å². The van der Waals surface area contributed by atoms with Gasteiger partial charge in [0.2, 0.25) is 0 Å². The predicted molar refractivity (Wildman–Crippen MR) is 73.3 cm³/mol. The van der Waals surface area contributed by atoms with Gasteiger partial charge in [-0.2, -0.15) is 0 Å². The summed E-state index contributed by atoms with van der Waals surface area (Å²) in [6.07, 6.45) is 3.95. The Hall–Kier alpha value is -1.42. The summed E-state index contributed by atoms with van der Waals surface area (Å²) in [5.74, 6) is -0.313. The molecule has 0 spiro atoms. The van der Waals surface area contributed by atoms with Crippen molar-refractivity contribution in [2.24, 2.45) is 11.7 Å². The molecule has 1 aromatic carbocycles. The van der Waals surface area contributed by atoms with Crippen LogP contribution < -0.4 is 11.1 Å². The van der Waals surface area contributed by atoms with E-state index in [2.05, 4.69) is 12.2 Å². The second-order valence-electron chi connectivity index (χ2n) is 5.62. The molecule has 0 bridgehead atoms. The Balaban J connectivity index is 2.14. The van der Waals surface area contributed by atoms with Crippen LogP contribution in [-0.2, 0) is 0 Å². The molecule has 1 aliphatic carbocycles. The topological polar surface area (TPSA) is 55.1 Å². The van der Waals surface area contributed by atoms with Crippen LogP contribution in [0, 0.1) is 11.7 Å². The molecule has 0 aliphatic heterocycles. The zero-order valence-corrected chi connectivity index (χ0v) is 11.3. The third-order valence-corrected chi connectivity index (χ3v) is 3.98. The first-order valence-corrected chi connectivity index (χ1v) is 6.83. The first-order valence-electron chi connectivity index (χ1n) is 6.83. The number of rotatable bonds is 3. The third kappa shape index (κ3) is 3.13. The van der Waals surface area contributed by atoms with Crippen LogP contribution >= 0.6 is 0 Å². The summed E-state index contributed by atoms with van der Waals surface area (Å²) in [6.45, 7) is 2.57. The third-order valence-electron chi connectivity index (χ3n) is 3.98. The van der Waals surface area contributed by atoms with Gasteiger partial charge in [0.25, 0.3) is 5.91 Å². The molecule has 2 atom stereocenters. The first-order chi connectivity index (χ1) is 9.06. The van der Waals surface area contributed by atoms with Crippen molar-refractivity contribution in [1.29, 1.82) is 0 Å². The molecule has 19 heavy (non-hydrogen) atoms. The molecule has 1 amide bonds. The van der Waals surface area contributed by atoms with Crippen molar-refractivity contribution in [2.45, 2.75) is 38.1 Å². The summed E-state index contributed by atoms with van der Waals surface area (Å²) in [6, 6.07) is 6.04. The highest BCUT2D eigenvalue weighted by Crippen LogP contribution is 2.31. The van der Waals surface area contributed by atoms with E-state index >= 15 is 0 Å². The SMILES string of the molecule is CC1CCCC(CN)(NC(=O)c2ccccc2F)C1. The highest BCUT2D eigenvalue weighted by atomic mass is 19.1. The molecule has 2 rings (SSSR count). The first kappa shape index (κ1) is 14.0. The molecule has 4 heteroatoms. The number of amides is 1. The number of halogens is 1. The van der Waals surface area contributed by atoms with Crippen molar-refractivity contribution in [1.82, 2.24) is 5.32 Å². The molecule has 1 aliphatic rings. The molecule has 3 nitrogen and oxygen atoms in total. The fourth-order valence-corrected chi connectivity index (χ4v) is 2.96. The highest BCUT2D eigenvalue weighted by Gasteiger charge is 2.35. The van der Waals surface area contributed by atoms with Gasteiger partial charge in [0.15, 0.2) is 0 Å².